The van der Waals surface area contributed by atoms with Gasteiger partial charge >= 0.3 is 0 Å². The van der Waals surface area contributed by atoms with Crippen LogP contribution in [0.3, 0.4) is 0 Å². The van der Waals surface area contributed by atoms with E-state index in [2.05, 4.69) is 31.2 Å². The Morgan fingerprint density at radius 1 is 0.533 bits per heavy atom. The van der Waals surface area contributed by atoms with Gasteiger partial charge in [0.2, 0.25) is 0 Å². The molecule has 0 radical (unpaired) electrons. The van der Waals surface area contributed by atoms with Gasteiger partial charge in [-0.3, -0.25) is 0 Å². The lowest BCUT2D eigenvalue weighted by molar-refractivity contribution is -0.0316. The molecule has 0 aliphatic carbocycles. The molecule has 0 atom stereocenters. The van der Waals surface area contributed by atoms with Crippen LogP contribution < -0.4 is 0 Å². The molecule has 0 spiro atoms. The molecule has 0 fully saturated rings. The summed E-state index contributed by atoms with van der Waals surface area (Å²) in [5, 5.41) is 0. The smallest absolute Gasteiger partial charge is 0.0718 e. The summed E-state index contributed by atoms with van der Waals surface area (Å²) < 4.78 is 28.6. The third-order valence-electron chi connectivity index (χ3n) is 4.38. The van der Waals surface area contributed by atoms with Gasteiger partial charge in [-0.25, -0.2) is 0 Å². The van der Waals surface area contributed by atoms with Crippen molar-refractivity contribution in [2.75, 3.05) is 52.9 Å². The van der Waals surface area contributed by atoms with E-state index >= 15 is 0 Å². The molecule has 2 aromatic rings. The zero-order valence-electron chi connectivity index (χ0n) is 18.2. The van der Waals surface area contributed by atoms with Crippen LogP contribution in [-0.4, -0.2) is 52.9 Å². The molecule has 166 valence electrons. The molecule has 0 N–H and O–H groups in total. The van der Waals surface area contributed by atoms with Crippen molar-refractivity contribution in [3.8, 4) is 0 Å². The van der Waals surface area contributed by atoms with Gasteiger partial charge in [0.25, 0.3) is 0 Å². The Morgan fingerprint density at radius 2 is 0.933 bits per heavy atom. The van der Waals surface area contributed by atoms with Crippen LogP contribution in [0.2, 0.25) is 0 Å². The lowest BCUT2D eigenvalue weighted by atomic mass is 10.2. The van der Waals surface area contributed by atoms with Crippen LogP contribution >= 0.6 is 0 Å². The van der Waals surface area contributed by atoms with Crippen molar-refractivity contribution in [3.05, 3.63) is 71.8 Å². The molecule has 0 saturated heterocycles. The van der Waals surface area contributed by atoms with Gasteiger partial charge in [0.1, 0.15) is 0 Å². The fourth-order valence-corrected chi connectivity index (χ4v) is 2.80. The van der Waals surface area contributed by atoms with E-state index in [-0.39, 0.29) is 5.92 Å². The van der Waals surface area contributed by atoms with Gasteiger partial charge in [-0.05, 0) is 17.5 Å². The highest BCUT2D eigenvalue weighted by atomic mass is 16.5. The van der Waals surface area contributed by atoms with Crippen LogP contribution in [0, 0.1) is 5.92 Å². The molecule has 0 saturated carbocycles. The first-order valence-electron chi connectivity index (χ1n) is 10.8. The zero-order valence-corrected chi connectivity index (χ0v) is 18.2. The van der Waals surface area contributed by atoms with Gasteiger partial charge in [-0.2, -0.15) is 0 Å². The summed E-state index contributed by atoms with van der Waals surface area (Å²) in [7, 11) is 0. The third-order valence-corrected chi connectivity index (χ3v) is 4.38. The first-order chi connectivity index (χ1) is 14.9. The average molecular weight is 417 g/mol. The number of rotatable bonds is 18. The lowest BCUT2D eigenvalue weighted by Gasteiger charge is -2.17. The van der Waals surface area contributed by atoms with Crippen LogP contribution in [0.1, 0.15) is 24.5 Å². The van der Waals surface area contributed by atoms with E-state index in [4.69, 9.17) is 23.7 Å². The van der Waals surface area contributed by atoms with Crippen molar-refractivity contribution >= 4 is 0 Å². The number of ether oxygens (including phenoxy) is 5. The van der Waals surface area contributed by atoms with E-state index < -0.39 is 0 Å². The van der Waals surface area contributed by atoms with Gasteiger partial charge in [0, 0.05) is 12.5 Å². The van der Waals surface area contributed by atoms with Gasteiger partial charge in [0.05, 0.1) is 59.5 Å². The minimum absolute atomic E-state index is 0.208. The summed E-state index contributed by atoms with van der Waals surface area (Å²) in [6.07, 6.45) is 1.01. The molecule has 0 aliphatic heterocycles. The van der Waals surface area contributed by atoms with E-state index in [0.717, 1.165) is 13.0 Å². The number of benzene rings is 2. The highest BCUT2D eigenvalue weighted by Gasteiger charge is 2.10. The van der Waals surface area contributed by atoms with Crippen molar-refractivity contribution in [3.63, 3.8) is 0 Å². The first kappa shape index (κ1) is 24.5. The zero-order chi connectivity index (χ0) is 21.1. The van der Waals surface area contributed by atoms with Crippen LogP contribution in [0.15, 0.2) is 60.7 Å². The van der Waals surface area contributed by atoms with E-state index in [0.29, 0.717) is 59.5 Å². The summed E-state index contributed by atoms with van der Waals surface area (Å²) in [5.41, 5.74) is 2.34. The van der Waals surface area contributed by atoms with Gasteiger partial charge < -0.3 is 23.7 Å². The normalized spacial score (nSPS) is 11.3. The predicted molar refractivity (Wildman–Crippen MR) is 118 cm³/mol. The quantitative estimate of drug-likeness (QED) is 0.335. The van der Waals surface area contributed by atoms with E-state index in [1.165, 1.54) is 11.1 Å². The fraction of sp³-hybridized carbons (Fsp3) is 0.520. The molecule has 0 unspecified atom stereocenters. The monoisotopic (exact) mass is 416 g/mol. The molecule has 2 rings (SSSR count). The fourth-order valence-electron chi connectivity index (χ4n) is 2.80. The standard InChI is InChI=1S/C25H36O5/c1-2-13-26-20-25(21-29-16-14-27-18-23-9-5-3-6-10-23)22-30-17-15-28-19-24-11-7-4-8-12-24/h3-12,25H,2,13-22H2,1H3. The minimum Gasteiger partial charge on any atom is -0.381 e. The van der Waals surface area contributed by atoms with Crippen molar-refractivity contribution < 1.29 is 23.7 Å². The van der Waals surface area contributed by atoms with Crippen molar-refractivity contribution in [2.45, 2.75) is 26.6 Å². The Morgan fingerprint density at radius 3 is 1.37 bits per heavy atom. The molecule has 0 amide bonds. The molecule has 5 heteroatoms. The maximum absolute atomic E-state index is 5.78. The minimum atomic E-state index is 0.208. The molecule has 0 aromatic heterocycles. The van der Waals surface area contributed by atoms with Crippen LogP contribution in [0.4, 0.5) is 0 Å². The third kappa shape index (κ3) is 12.1. The SMILES string of the molecule is CCCOCC(COCCOCc1ccccc1)COCCOCc1ccccc1. The Labute approximate surface area is 181 Å². The van der Waals surface area contributed by atoms with E-state index in [1.807, 2.05) is 36.4 Å². The molecule has 30 heavy (non-hydrogen) atoms. The maximum atomic E-state index is 5.78. The lowest BCUT2D eigenvalue weighted by Crippen LogP contribution is -2.24. The Hall–Kier alpha value is -1.76. The number of hydrogen-bond donors (Lipinski definition) is 0. The Balaban J connectivity index is 1.52. The molecular weight excluding hydrogens is 380 g/mol. The first-order valence-corrected chi connectivity index (χ1v) is 10.8. The molecule has 0 heterocycles. The summed E-state index contributed by atoms with van der Waals surface area (Å²) in [6, 6.07) is 20.3. The molecule has 2 aromatic carbocycles. The highest BCUT2D eigenvalue weighted by Crippen LogP contribution is 2.04. The van der Waals surface area contributed by atoms with Crippen molar-refractivity contribution in [1.82, 2.24) is 0 Å². The highest BCUT2D eigenvalue weighted by molar-refractivity contribution is 5.14. The molecular formula is C25H36O5. The summed E-state index contributed by atoms with van der Waals surface area (Å²) in [6.45, 7) is 8.22. The molecule has 5 nitrogen and oxygen atoms in total. The van der Waals surface area contributed by atoms with Crippen LogP contribution in [-0.2, 0) is 36.9 Å². The molecule has 0 bridgehead atoms. The van der Waals surface area contributed by atoms with E-state index in [9.17, 15) is 0 Å². The second-order valence-corrected chi connectivity index (χ2v) is 7.17. The van der Waals surface area contributed by atoms with Crippen molar-refractivity contribution in [1.29, 1.82) is 0 Å². The predicted octanol–water partition coefficient (Wildman–Crippen LogP) is 4.50. The summed E-state index contributed by atoms with van der Waals surface area (Å²) in [5.74, 6) is 0.208. The Bertz CT molecular complexity index is 568. The maximum Gasteiger partial charge on any atom is 0.0718 e. The van der Waals surface area contributed by atoms with Crippen LogP contribution in [0.5, 0.6) is 0 Å². The topological polar surface area (TPSA) is 46.2 Å². The van der Waals surface area contributed by atoms with Gasteiger partial charge in [-0.1, -0.05) is 67.6 Å². The second-order valence-electron chi connectivity index (χ2n) is 7.17. The van der Waals surface area contributed by atoms with Crippen LogP contribution in [0.25, 0.3) is 0 Å². The number of hydrogen-bond acceptors (Lipinski definition) is 5. The second kappa shape index (κ2) is 17.0. The van der Waals surface area contributed by atoms with Gasteiger partial charge in [0.15, 0.2) is 0 Å². The summed E-state index contributed by atoms with van der Waals surface area (Å²) >= 11 is 0. The average Bonchev–Trinajstić information content (AvgIpc) is 2.79. The van der Waals surface area contributed by atoms with Gasteiger partial charge in [-0.15, -0.1) is 0 Å². The largest absolute Gasteiger partial charge is 0.381 e. The summed E-state index contributed by atoms with van der Waals surface area (Å²) in [4.78, 5) is 0. The molecule has 0 aliphatic rings. The van der Waals surface area contributed by atoms with E-state index in [1.54, 1.807) is 0 Å². The Kier molecular flexibility index (Phi) is 13.9. The van der Waals surface area contributed by atoms with Crippen molar-refractivity contribution in [2.24, 2.45) is 5.92 Å².